The monoisotopic (exact) mass is 401 g/mol. The van der Waals surface area contributed by atoms with E-state index in [1.165, 1.54) is 10.4 Å². The maximum absolute atomic E-state index is 12.8. The van der Waals surface area contributed by atoms with Crippen molar-refractivity contribution in [2.75, 3.05) is 0 Å². The Labute approximate surface area is 168 Å². The molecule has 4 rings (SSSR count). The number of fused-ring (bicyclic) bond motifs is 3. The number of H-pyrrole nitrogens is 1. The van der Waals surface area contributed by atoms with Gasteiger partial charge in [-0.1, -0.05) is 36.7 Å². The Morgan fingerprint density at radius 3 is 2.85 bits per heavy atom. The molecule has 0 saturated heterocycles. The number of benzene rings is 1. The lowest BCUT2D eigenvalue weighted by molar-refractivity contribution is 0.477. The molecule has 6 heteroatoms. The number of aromatic amines is 1. The molecule has 27 heavy (non-hydrogen) atoms. The summed E-state index contributed by atoms with van der Waals surface area (Å²) in [5, 5.41) is 5.04. The molecule has 142 valence electrons. The molecule has 0 amide bonds. The van der Waals surface area contributed by atoms with Gasteiger partial charge in [0, 0.05) is 15.9 Å². The fourth-order valence-corrected chi connectivity index (χ4v) is 5.63. The minimum Gasteiger partial charge on any atom is -0.309 e. The summed E-state index contributed by atoms with van der Waals surface area (Å²) in [6.07, 6.45) is 3.19. The van der Waals surface area contributed by atoms with Crippen molar-refractivity contribution in [1.82, 2.24) is 15.3 Å². The van der Waals surface area contributed by atoms with Gasteiger partial charge in [-0.2, -0.15) is 0 Å². The topological polar surface area (TPSA) is 57.8 Å². The minimum atomic E-state index is -0.0913. The van der Waals surface area contributed by atoms with Crippen LogP contribution in [0.3, 0.4) is 0 Å². The van der Waals surface area contributed by atoms with Crippen molar-refractivity contribution in [2.45, 2.75) is 52.1 Å². The summed E-state index contributed by atoms with van der Waals surface area (Å²) >= 11 is 8.00. The number of aromatic nitrogens is 2. The van der Waals surface area contributed by atoms with Crippen molar-refractivity contribution in [3.05, 3.63) is 61.5 Å². The van der Waals surface area contributed by atoms with Gasteiger partial charge in [0.1, 0.15) is 10.7 Å². The first kappa shape index (κ1) is 18.7. The summed E-state index contributed by atoms with van der Waals surface area (Å²) in [4.78, 5) is 22.8. The number of hydrogen-bond donors (Lipinski definition) is 2. The molecule has 2 heterocycles. The van der Waals surface area contributed by atoms with Crippen LogP contribution in [0.2, 0.25) is 5.02 Å². The number of nitrogens with one attached hydrogen (secondary N) is 2. The Kier molecular flexibility index (Phi) is 5.10. The van der Waals surface area contributed by atoms with Gasteiger partial charge in [0.2, 0.25) is 0 Å². The average Bonchev–Trinajstić information content (AvgIpc) is 2.99. The average molecular weight is 402 g/mol. The molecule has 1 aliphatic carbocycles. The second kappa shape index (κ2) is 7.38. The summed E-state index contributed by atoms with van der Waals surface area (Å²) in [6.45, 7) is 6.37. The van der Waals surface area contributed by atoms with Gasteiger partial charge in [-0.25, -0.2) is 4.98 Å². The van der Waals surface area contributed by atoms with Gasteiger partial charge in [0.25, 0.3) is 5.56 Å². The Bertz CT molecular complexity index is 1040. The quantitative estimate of drug-likeness (QED) is 0.633. The van der Waals surface area contributed by atoms with Crippen molar-refractivity contribution in [2.24, 2.45) is 5.92 Å². The van der Waals surface area contributed by atoms with E-state index in [-0.39, 0.29) is 17.6 Å². The molecular formula is C21H24ClN3OS. The normalized spacial score (nSPS) is 19.0. The van der Waals surface area contributed by atoms with Gasteiger partial charge in [0.15, 0.2) is 0 Å². The third-order valence-electron chi connectivity index (χ3n) is 5.47. The van der Waals surface area contributed by atoms with E-state index in [2.05, 4.69) is 24.1 Å². The standard InChI is InChI=1S/C21H24ClN3OS/c1-11-8-9-15-17(10-11)27-21-18(15)20(26)24-19(25-21)13(3)23-12(2)14-6-4-5-7-16(14)22/h4-7,11-13,23H,8-10H2,1-3H3,(H,24,25,26)/t11-,12+,13+/m1/s1. The second-order valence-electron chi connectivity index (χ2n) is 7.61. The Hall–Kier alpha value is -1.69. The molecule has 0 bridgehead atoms. The first-order chi connectivity index (χ1) is 12.9. The van der Waals surface area contributed by atoms with E-state index in [0.717, 1.165) is 40.1 Å². The van der Waals surface area contributed by atoms with E-state index in [1.807, 2.05) is 31.2 Å². The van der Waals surface area contributed by atoms with Crippen LogP contribution in [0.15, 0.2) is 29.1 Å². The predicted octanol–water partition coefficient (Wildman–Crippen LogP) is 5.17. The van der Waals surface area contributed by atoms with Gasteiger partial charge in [-0.05, 0) is 56.2 Å². The number of nitrogens with zero attached hydrogens (tertiary/aromatic N) is 1. The van der Waals surface area contributed by atoms with Crippen LogP contribution < -0.4 is 10.9 Å². The zero-order valence-corrected chi connectivity index (χ0v) is 17.4. The smallest absolute Gasteiger partial charge is 0.259 e. The summed E-state index contributed by atoms with van der Waals surface area (Å²) in [6, 6.07) is 7.77. The largest absolute Gasteiger partial charge is 0.309 e. The van der Waals surface area contributed by atoms with Crippen LogP contribution in [0.4, 0.5) is 0 Å². The van der Waals surface area contributed by atoms with E-state index < -0.39 is 0 Å². The molecule has 1 aromatic carbocycles. The highest BCUT2D eigenvalue weighted by atomic mass is 35.5. The number of thiophene rings is 1. The SMILES string of the molecule is C[C@@H]1CCc2c(sc3nc([C@H](C)N[C@@H](C)c4ccccc4Cl)[nH]c(=O)c23)C1. The molecule has 3 aromatic rings. The molecule has 0 saturated carbocycles. The first-order valence-corrected chi connectivity index (χ1v) is 10.7. The van der Waals surface area contributed by atoms with Crippen molar-refractivity contribution >= 4 is 33.2 Å². The molecule has 0 aliphatic heterocycles. The van der Waals surface area contributed by atoms with E-state index in [9.17, 15) is 4.79 Å². The first-order valence-electron chi connectivity index (χ1n) is 9.49. The Balaban J connectivity index is 1.64. The minimum absolute atomic E-state index is 0.0129. The Morgan fingerprint density at radius 2 is 2.07 bits per heavy atom. The van der Waals surface area contributed by atoms with Crippen LogP contribution in [0.5, 0.6) is 0 Å². The maximum atomic E-state index is 12.8. The Morgan fingerprint density at radius 1 is 1.30 bits per heavy atom. The van der Waals surface area contributed by atoms with Gasteiger partial charge in [-0.15, -0.1) is 11.3 Å². The number of hydrogen-bond acceptors (Lipinski definition) is 4. The molecule has 0 radical (unpaired) electrons. The maximum Gasteiger partial charge on any atom is 0.259 e. The van der Waals surface area contributed by atoms with Crippen molar-refractivity contribution in [3.63, 3.8) is 0 Å². The summed E-state index contributed by atoms with van der Waals surface area (Å²) in [5.41, 5.74) is 2.24. The third kappa shape index (κ3) is 3.56. The van der Waals surface area contributed by atoms with E-state index >= 15 is 0 Å². The van der Waals surface area contributed by atoms with E-state index in [0.29, 0.717) is 11.7 Å². The van der Waals surface area contributed by atoms with E-state index in [4.69, 9.17) is 16.6 Å². The highest BCUT2D eigenvalue weighted by molar-refractivity contribution is 7.18. The molecule has 0 spiro atoms. The highest BCUT2D eigenvalue weighted by Crippen LogP contribution is 2.36. The van der Waals surface area contributed by atoms with Gasteiger partial charge in [-0.3, -0.25) is 4.79 Å². The number of rotatable bonds is 4. The zero-order valence-electron chi connectivity index (χ0n) is 15.8. The third-order valence-corrected chi connectivity index (χ3v) is 6.96. The summed E-state index contributed by atoms with van der Waals surface area (Å²) < 4.78 is 0. The molecule has 1 aliphatic rings. The van der Waals surface area contributed by atoms with Crippen molar-refractivity contribution in [3.8, 4) is 0 Å². The zero-order chi connectivity index (χ0) is 19.1. The van der Waals surface area contributed by atoms with Crippen molar-refractivity contribution < 1.29 is 0 Å². The van der Waals surface area contributed by atoms with Crippen LogP contribution in [0.25, 0.3) is 10.2 Å². The van der Waals surface area contributed by atoms with Crippen LogP contribution in [0.1, 0.15) is 61.1 Å². The van der Waals surface area contributed by atoms with Crippen LogP contribution in [-0.4, -0.2) is 9.97 Å². The number of aryl methyl sites for hydroxylation is 1. The van der Waals surface area contributed by atoms with Crippen LogP contribution >= 0.6 is 22.9 Å². The molecule has 3 atom stereocenters. The van der Waals surface area contributed by atoms with Gasteiger partial charge < -0.3 is 10.3 Å². The predicted molar refractivity (Wildman–Crippen MR) is 113 cm³/mol. The second-order valence-corrected chi connectivity index (χ2v) is 9.11. The van der Waals surface area contributed by atoms with Gasteiger partial charge >= 0.3 is 0 Å². The fourth-order valence-electron chi connectivity index (χ4n) is 3.94. The highest BCUT2D eigenvalue weighted by Gasteiger charge is 2.24. The lowest BCUT2D eigenvalue weighted by atomic mass is 9.89. The van der Waals surface area contributed by atoms with Crippen molar-refractivity contribution in [1.29, 1.82) is 0 Å². The molecule has 4 nitrogen and oxygen atoms in total. The summed E-state index contributed by atoms with van der Waals surface area (Å²) in [7, 11) is 0. The van der Waals surface area contributed by atoms with Crippen LogP contribution in [0, 0.1) is 5.92 Å². The lowest BCUT2D eigenvalue weighted by Gasteiger charge is -2.20. The molecule has 2 aromatic heterocycles. The molecule has 2 N–H and O–H groups in total. The molecular weight excluding hydrogens is 378 g/mol. The van der Waals surface area contributed by atoms with Crippen LogP contribution in [-0.2, 0) is 12.8 Å². The lowest BCUT2D eigenvalue weighted by Crippen LogP contribution is -2.26. The van der Waals surface area contributed by atoms with E-state index in [1.54, 1.807) is 11.3 Å². The molecule has 0 fully saturated rings. The summed E-state index contributed by atoms with van der Waals surface area (Å²) in [5.74, 6) is 1.36. The van der Waals surface area contributed by atoms with Gasteiger partial charge in [0.05, 0.1) is 11.4 Å². The number of halogens is 1. The molecule has 0 unspecified atom stereocenters. The fraction of sp³-hybridized carbons (Fsp3) is 0.429.